The maximum Gasteiger partial charge on any atom is 0.281 e. The molecule has 2 aromatic carbocycles. The molecule has 0 bridgehead atoms. The second-order valence-electron chi connectivity index (χ2n) is 5.96. The van der Waals surface area contributed by atoms with Crippen LogP contribution < -0.4 is 10.1 Å². The minimum absolute atomic E-state index is 0.0155. The third-order valence-electron chi connectivity index (χ3n) is 3.95. The van der Waals surface area contributed by atoms with Gasteiger partial charge in [0.2, 0.25) is 0 Å². The molecular weight excluding hydrogens is 338 g/mol. The lowest BCUT2D eigenvalue weighted by atomic mass is 10.1. The summed E-state index contributed by atoms with van der Waals surface area (Å²) >= 11 is 1.11. The van der Waals surface area contributed by atoms with Gasteiger partial charge in [0.15, 0.2) is 12.4 Å². The smallest absolute Gasteiger partial charge is 0.281 e. The lowest BCUT2D eigenvalue weighted by molar-refractivity contribution is 0.0921. The van der Waals surface area contributed by atoms with Gasteiger partial charge >= 0.3 is 0 Å². The molecule has 25 heavy (non-hydrogen) atoms. The Labute approximate surface area is 150 Å². The van der Waals surface area contributed by atoms with Crippen molar-refractivity contribution in [3.63, 3.8) is 0 Å². The molecule has 130 valence electrons. The minimum Gasteiger partial charge on any atom is -0.485 e. The molecule has 1 aliphatic rings. The van der Waals surface area contributed by atoms with E-state index in [9.17, 15) is 14.7 Å². The van der Waals surface area contributed by atoms with Crippen molar-refractivity contribution in [1.29, 1.82) is 0 Å². The molecule has 0 aromatic heterocycles. The van der Waals surface area contributed by atoms with E-state index in [1.54, 1.807) is 18.2 Å². The summed E-state index contributed by atoms with van der Waals surface area (Å²) in [5, 5.41) is 11.8. The van der Waals surface area contributed by atoms with Crippen molar-refractivity contribution in [2.45, 2.75) is 24.8 Å². The van der Waals surface area contributed by atoms with Gasteiger partial charge in [0.25, 0.3) is 5.24 Å². The monoisotopic (exact) mass is 357 g/mol. The van der Waals surface area contributed by atoms with Gasteiger partial charge in [-0.25, -0.2) is 0 Å². The van der Waals surface area contributed by atoms with E-state index in [0.717, 1.165) is 22.9 Å². The average Bonchev–Trinajstić information content (AvgIpc) is 2.91. The van der Waals surface area contributed by atoms with Crippen molar-refractivity contribution >= 4 is 22.8 Å². The molecular formula is C19H19NO4S. The second kappa shape index (κ2) is 7.72. The Hall–Kier alpha value is -2.31. The van der Waals surface area contributed by atoms with Crippen LogP contribution in [0.1, 0.15) is 21.5 Å². The standard InChI is InChI=1S/C19H19NO4S/c1-12-3-2-4-14(9-12)16(21)11-24-15-7-5-13(6-8-15)10-17-18(22)20-19(23)25-17/h2-9,17-18,22H,10-11H2,1H3,(H,20,23). The number of ether oxygens (including phenoxy) is 1. The van der Waals surface area contributed by atoms with E-state index in [1.165, 1.54) is 0 Å². The van der Waals surface area contributed by atoms with E-state index in [4.69, 9.17) is 4.74 Å². The van der Waals surface area contributed by atoms with Gasteiger partial charge in [-0.05, 0) is 37.1 Å². The summed E-state index contributed by atoms with van der Waals surface area (Å²) < 4.78 is 5.55. The summed E-state index contributed by atoms with van der Waals surface area (Å²) in [5.74, 6) is 0.543. The van der Waals surface area contributed by atoms with Crippen LogP contribution in [0.4, 0.5) is 4.79 Å². The predicted octanol–water partition coefficient (Wildman–Crippen LogP) is 2.94. The lowest BCUT2D eigenvalue weighted by Crippen LogP contribution is -2.31. The molecule has 2 N–H and O–H groups in total. The number of ketones is 1. The molecule has 0 saturated carbocycles. The maximum absolute atomic E-state index is 12.1. The van der Waals surface area contributed by atoms with Gasteiger partial charge in [-0.1, -0.05) is 47.7 Å². The highest BCUT2D eigenvalue weighted by atomic mass is 32.2. The number of aliphatic hydroxyl groups excluding tert-OH is 1. The van der Waals surface area contributed by atoms with Gasteiger partial charge in [0, 0.05) is 5.56 Å². The molecule has 1 saturated heterocycles. The fourth-order valence-electron chi connectivity index (χ4n) is 2.61. The Morgan fingerprint density at radius 3 is 2.64 bits per heavy atom. The molecule has 1 aliphatic heterocycles. The number of Topliss-reactive ketones (excluding diaryl/α,β-unsaturated/α-hetero) is 1. The summed E-state index contributed by atoms with van der Waals surface area (Å²) in [7, 11) is 0. The number of amides is 1. The first-order valence-corrected chi connectivity index (χ1v) is 8.86. The van der Waals surface area contributed by atoms with Gasteiger partial charge in [0.05, 0.1) is 5.25 Å². The number of carbonyl (C=O) groups excluding carboxylic acids is 2. The summed E-state index contributed by atoms with van der Waals surface area (Å²) in [6, 6.07) is 14.8. The van der Waals surface area contributed by atoms with E-state index in [0.29, 0.717) is 17.7 Å². The minimum atomic E-state index is -0.819. The molecule has 5 nitrogen and oxygen atoms in total. The molecule has 0 spiro atoms. The maximum atomic E-state index is 12.1. The highest BCUT2D eigenvalue weighted by Gasteiger charge is 2.31. The summed E-state index contributed by atoms with van der Waals surface area (Å²) in [4.78, 5) is 23.4. The summed E-state index contributed by atoms with van der Waals surface area (Å²) in [5.41, 5.74) is 2.67. The summed E-state index contributed by atoms with van der Waals surface area (Å²) in [6.45, 7) is 1.93. The fraction of sp³-hybridized carbons (Fsp3) is 0.263. The zero-order chi connectivity index (χ0) is 17.8. The number of benzene rings is 2. The van der Waals surface area contributed by atoms with Crippen LogP contribution in [0.3, 0.4) is 0 Å². The third kappa shape index (κ3) is 4.61. The van der Waals surface area contributed by atoms with Crippen LogP contribution in [-0.4, -0.2) is 34.2 Å². The molecule has 0 radical (unpaired) electrons. The van der Waals surface area contributed by atoms with E-state index < -0.39 is 6.23 Å². The van der Waals surface area contributed by atoms with Crippen LogP contribution in [0.15, 0.2) is 48.5 Å². The number of carbonyl (C=O) groups is 2. The van der Waals surface area contributed by atoms with E-state index in [-0.39, 0.29) is 22.9 Å². The molecule has 2 aromatic rings. The topological polar surface area (TPSA) is 75.6 Å². The van der Waals surface area contributed by atoms with E-state index in [1.807, 2.05) is 37.3 Å². The molecule has 0 aliphatic carbocycles. The second-order valence-corrected chi connectivity index (χ2v) is 7.17. The van der Waals surface area contributed by atoms with Gasteiger partial charge in [-0.2, -0.15) is 0 Å². The van der Waals surface area contributed by atoms with Gasteiger partial charge < -0.3 is 15.2 Å². The molecule has 3 rings (SSSR count). The average molecular weight is 357 g/mol. The number of rotatable bonds is 6. The van der Waals surface area contributed by atoms with Crippen LogP contribution in [0.5, 0.6) is 5.75 Å². The lowest BCUT2D eigenvalue weighted by Gasteiger charge is -2.12. The van der Waals surface area contributed by atoms with Crippen LogP contribution in [0.25, 0.3) is 0 Å². The quantitative estimate of drug-likeness (QED) is 0.778. The van der Waals surface area contributed by atoms with Crippen molar-refractivity contribution in [3.8, 4) is 5.75 Å². The third-order valence-corrected chi connectivity index (χ3v) is 5.01. The SMILES string of the molecule is Cc1cccc(C(=O)COc2ccc(CC3SC(=O)NC3O)cc2)c1. The first kappa shape index (κ1) is 17.5. The number of aryl methyl sites for hydroxylation is 1. The Kier molecular flexibility index (Phi) is 5.40. The zero-order valence-corrected chi connectivity index (χ0v) is 14.6. The molecule has 2 atom stereocenters. The van der Waals surface area contributed by atoms with E-state index >= 15 is 0 Å². The molecule has 2 unspecified atom stereocenters. The van der Waals surface area contributed by atoms with E-state index in [2.05, 4.69) is 5.32 Å². The number of thioether (sulfide) groups is 1. The van der Waals surface area contributed by atoms with Crippen LogP contribution >= 0.6 is 11.8 Å². The Morgan fingerprint density at radius 2 is 2.00 bits per heavy atom. The normalized spacial score (nSPS) is 19.5. The Morgan fingerprint density at radius 1 is 1.24 bits per heavy atom. The van der Waals surface area contributed by atoms with Crippen LogP contribution in [0.2, 0.25) is 0 Å². The number of hydrogen-bond donors (Lipinski definition) is 2. The highest BCUT2D eigenvalue weighted by Crippen LogP contribution is 2.26. The van der Waals surface area contributed by atoms with Gasteiger partial charge in [-0.15, -0.1) is 0 Å². The van der Waals surface area contributed by atoms with Gasteiger partial charge in [-0.3, -0.25) is 9.59 Å². The summed E-state index contributed by atoms with van der Waals surface area (Å²) in [6.07, 6.45) is -0.243. The molecule has 1 amide bonds. The largest absolute Gasteiger partial charge is 0.485 e. The fourth-order valence-corrected chi connectivity index (χ4v) is 3.54. The predicted molar refractivity (Wildman–Crippen MR) is 97.1 cm³/mol. The van der Waals surface area contributed by atoms with Crippen LogP contribution in [0, 0.1) is 6.92 Å². The van der Waals surface area contributed by atoms with Crippen molar-refractivity contribution < 1.29 is 19.4 Å². The number of aliphatic hydroxyl groups is 1. The van der Waals surface area contributed by atoms with Crippen molar-refractivity contribution in [2.75, 3.05) is 6.61 Å². The zero-order valence-electron chi connectivity index (χ0n) is 13.8. The number of nitrogens with one attached hydrogen (secondary N) is 1. The Bertz CT molecular complexity index is 775. The van der Waals surface area contributed by atoms with Crippen molar-refractivity contribution in [2.24, 2.45) is 0 Å². The first-order valence-electron chi connectivity index (χ1n) is 7.98. The first-order chi connectivity index (χ1) is 12.0. The molecule has 6 heteroatoms. The Balaban J connectivity index is 1.54. The van der Waals surface area contributed by atoms with Crippen molar-refractivity contribution in [1.82, 2.24) is 5.32 Å². The highest BCUT2D eigenvalue weighted by molar-refractivity contribution is 8.14. The number of hydrogen-bond acceptors (Lipinski definition) is 5. The van der Waals surface area contributed by atoms with Crippen molar-refractivity contribution in [3.05, 3.63) is 65.2 Å². The van der Waals surface area contributed by atoms with Crippen LogP contribution in [-0.2, 0) is 6.42 Å². The molecule has 1 fully saturated rings. The molecule has 1 heterocycles. The van der Waals surface area contributed by atoms with Gasteiger partial charge in [0.1, 0.15) is 12.0 Å².